The molecule has 6 nitrogen and oxygen atoms in total. The van der Waals surface area contributed by atoms with E-state index < -0.39 is 0 Å². The topological polar surface area (TPSA) is 74.3 Å². The van der Waals surface area contributed by atoms with Gasteiger partial charge in [-0.25, -0.2) is 5.43 Å². The van der Waals surface area contributed by atoms with Gasteiger partial charge in [0.05, 0.1) is 22.4 Å². The maximum atomic E-state index is 5.81. The number of halogens is 1. The second-order valence-corrected chi connectivity index (χ2v) is 5.52. The zero-order valence-electron chi connectivity index (χ0n) is 11.7. The van der Waals surface area contributed by atoms with Gasteiger partial charge in [0, 0.05) is 12.1 Å². The van der Waals surface area contributed by atoms with Crippen LogP contribution in [0.4, 0.5) is 0 Å². The number of para-hydroxylation sites is 1. The monoisotopic (exact) mass is 352 g/mol. The van der Waals surface area contributed by atoms with E-state index in [1.54, 1.807) is 6.20 Å². The molecule has 1 unspecified atom stereocenters. The summed E-state index contributed by atoms with van der Waals surface area (Å²) in [7, 11) is 0. The van der Waals surface area contributed by atoms with Crippen molar-refractivity contribution in [1.29, 1.82) is 0 Å². The summed E-state index contributed by atoms with van der Waals surface area (Å²) in [5.74, 6) is 7.30. The summed E-state index contributed by atoms with van der Waals surface area (Å²) in [4.78, 5) is 0. The SMILES string of the molecule is CCn1ncc(Br)c1C(NN)c1cccc2c1OCCO2. The smallest absolute Gasteiger partial charge is 0.166 e. The number of fused-ring (bicyclic) bond motifs is 1. The summed E-state index contributed by atoms with van der Waals surface area (Å²) in [5.41, 5.74) is 4.76. The Morgan fingerprint density at radius 1 is 1.43 bits per heavy atom. The highest BCUT2D eigenvalue weighted by Gasteiger charge is 2.26. The quantitative estimate of drug-likeness (QED) is 0.650. The highest BCUT2D eigenvalue weighted by Crippen LogP contribution is 2.40. The van der Waals surface area contributed by atoms with Crippen LogP contribution in [0.15, 0.2) is 28.9 Å². The van der Waals surface area contributed by atoms with Crippen molar-refractivity contribution in [3.63, 3.8) is 0 Å². The van der Waals surface area contributed by atoms with Crippen molar-refractivity contribution >= 4 is 15.9 Å². The number of benzene rings is 1. The van der Waals surface area contributed by atoms with Crippen molar-refractivity contribution in [2.75, 3.05) is 13.2 Å². The number of nitrogens with two attached hydrogens (primary N) is 1. The number of nitrogens with one attached hydrogen (secondary N) is 1. The minimum atomic E-state index is -0.238. The van der Waals surface area contributed by atoms with E-state index in [9.17, 15) is 0 Å². The van der Waals surface area contributed by atoms with E-state index in [-0.39, 0.29) is 6.04 Å². The van der Waals surface area contributed by atoms with Gasteiger partial charge in [-0.15, -0.1) is 0 Å². The first-order valence-electron chi connectivity index (χ1n) is 6.82. The highest BCUT2D eigenvalue weighted by atomic mass is 79.9. The molecule has 1 aliphatic heterocycles. The van der Waals surface area contributed by atoms with Crippen molar-refractivity contribution in [2.45, 2.75) is 19.5 Å². The van der Waals surface area contributed by atoms with Crippen LogP contribution in [0.25, 0.3) is 0 Å². The highest BCUT2D eigenvalue weighted by molar-refractivity contribution is 9.10. The Hall–Kier alpha value is -1.57. The third kappa shape index (κ3) is 2.52. The molecule has 7 heteroatoms. The van der Waals surface area contributed by atoms with E-state index in [1.807, 2.05) is 29.8 Å². The molecule has 1 aromatic heterocycles. The van der Waals surface area contributed by atoms with E-state index in [1.165, 1.54) is 0 Å². The molecule has 0 spiro atoms. The van der Waals surface area contributed by atoms with Crippen LogP contribution in [0.5, 0.6) is 11.5 Å². The largest absolute Gasteiger partial charge is 0.486 e. The number of hydrogen-bond donors (Lipinski definition) is 2. The maximum Gasteiger partial charge on any atom is 0.166 e. The number of aromatic nitrogens is 2. The molecule has 0 amide bonds. The maximum absolute atomic E-state index is 5.81. The first-order chi connectivity index (χ1) is 10.3. The van der Waals surface area contributed by atoms with Crippen LogP contribution in [-0.2, 0) is 6.54 Å². The van der Waals surface area contributed by atoms with Crippen molar-refractivity contribution in [3.8, 4) is 11.5 Å². The molecule has 3 rings (SSSR count). The first kappa shape index (κ1) is 14.4. The molecule has 0 bridgehead atoms. The summed E-state index contributed by atoms with van der Waals surface area (Å²) in [6.45, 7) is 3.89. The average Bonchev–Trinajstić information content (AvgIpc) is 2.90. The van der Waals surface area contributed by atoms with Crippen LogP contribution in [0.3, 0.4) is 0 Å². The number of aryl methyl sites for hydroxylation is 1. The van der Waals surface area contributed by atoms with E-state index >= 15 is 0 Å². The molecule has 2 aromatic rings. The molecule has 1 atom stereocenters. The van der Waals surface area contributed by atoms with Gasteiger partial charge in [0.1, 0.15) is 13.2 Å². The minimum Gasteiger partial charge on any atom is -0.486 e. The molecular formula is C14H17BrN4O2. The van der Waals surface area contributed by atoms with Crippen LogP contribution in [0, 0.1) is 0 Å². The molecule has 1 aromatic carbocycles. The normalized spacial score (nSPS) is 15.0. The Morgan fingerprint density at radius 3 is 3.00 bits per heavy atom. The van der Waals surface area contributed by atoms with Gasteiger partial charge in [-0.3, -0.25) is 10.5 Å². The van der Waals surface area contributed by atoms with Gasteiger partial charge in [-0.1, -0.05) is 12.1 Å². The summed E-state index contributed by atoms with van der Waals surface area (Å²) >= 11 is 3.54. The lowest BCUT2D eigenvalue weighted by molar-refractivity contribution is 0.169. The second-order valence-electron chi connectivity index (χ2n) is 4.66. The van der Waals surface area contributed by atoms with Crippen molar-refractivity contribution in [3.05, 3.63) is 40.1 Å². The molecular weight excluding hydrogens is 336 g/mol. The Bertz CT molecular complexity index is 644. The van der Waals surface area contributed by atoms with Gasteiger partial charge in [-0.05, 0) is 28.9 Å². The van der Waals surface area contributed by atoms with Crippen LogP contribution in [-0.4, -0.2) is 23.0 Å². The molecule has 0 radical (unpaired) electrons. The van der Waals surface area contributed by atoms with E-state index in [2.05, 4.69) is 26.5 Å². The lowest BCUT2D eigenvalue weighted by atomic mass is 10.0. The number of hydrogen-bond acceptors (Lipinski definition) is 5. The Labute approximate surface area is 131 Å². The fourth-order valence-corrected chi connectivity index (χ4v) is 3.08. The Balaban J connectivity index is 2.10. The number of rotatable bonds is 4. The number of hydrazine groups is 1. The van der Waals surface area contributed by atoms with E-state index in [0.717, 1.165) is 33.8 Å². The number of nitrogens with zero attached hydrogens (tertiary/aromatic N) is 2. The van der Waals surface area contributed by atoms with Gasteiger partial charge in [-0.2, -0.15) is 5.10 Å². The second kappa shape index (κ2) is 6.05. The summed E-state index contributed by atoms with van der Waals surface area (Å²) in [5, 5.41) is 4.34. The van der Waals surface area contributed by atoms with Gasteiger partial charge in [0.25, 0.3) is 0 Å². The fraction of sp³-hybridized carbons (Fsp3) is 0.357. The van der Waals surface area contributed by atoms with Crippen LogP contribution < -0.4 is 20.7 Å². The Morgan fingerprint density at radius 2 is 2.24 bits per heavy atom. The number of ether oxygens (including phenoxy) is 2. The molecule has 3 N–H and O–H groups in total. The third-order valence-corrected chi connectivity index (χ3v) is 4.09. The molecule has 21 heavy (non-hydrogen) atoms. The minimum absolute atomic E-state index is 0.238. The first-order valence-corrected chi connectivity index (χ1v) is 7.61. The lowest BCUT2D eigenvalue weighted by Crippen LogP contribution is -2.32. The fourth-order valence-electron chi connectivity index (χ4n) is 2.55. The zero-order chi connectivity index (χ0) is 14.8. The van der Waals surface area contributed by atoms with Crippen LogP contribution in [0.1, 0.15) is 24.2 Å². The lowest BCUT2D eigenvalue weighted by Gasteiger charge is -2.25. The summed E-state index contributed by atoms with van der Waals surface area (Å²) < 4.78 is 14.2. The summed E-state index contributed by atoms with van der Waals surface area (Å²) in [6.07, 6.45) is 1.77. The van der Waals surface area contributed by atoms with E-state index in [4.69, 9.17) is 15.3 Å². The van der Waals surface area contributed by atoms with E-state index in [0.29, 0.717) is 13.2 Å². The molecule has 0 saturated heterocycles. The van der Waals surface area contributed by atoms with Gasteiger partial charge in [0.15, 0.2) is 11.5 Å². The van der Waals surface area contributed by atoms with Gasteiger partial charge < -0.3 is 9.47 Å². The molecule has 0 aliphatic carbocycles. The van der Waals surface area contributed by atoms with Gasteiger partial charge >= 0.3 is 0 Å². The summed E-state index contributed by atoms with van der Waals surface area (Å²) in [6, 6.07) is 5.58. The molecule has 2 heterocycles. The standard InChI is InChI=1S/C14H17BrN4O2/c1-2-19-13(10(15)8-17-19)12(18-16)9-4-3-5-11-14(9)21-7-6-20-11/h3-5,8,12,18H,2,6-7,16H2,1H3. The van der Waals surface area contributed by atoms with Crippen LogP contribution in [0.2, 0.25) is 0 Å². The Kier molecular flexibility index (Phi) is 4.14. The molecule has 1 aliphatic rings. The predicted molar refractivity (Wildman–Crippen MR) is 82.2 cm³/mol. The molecule has 0 saturated carbocycles. The molecule has 112 valence electrons. The molecule has 0 fully saturated rings. The zero-order valence-corrected chi connectivity index (χ0v) is 13.3. The van der Waals surface area contributed by atoms with Crippen molar-refractivity contribution < 1.29 is 9.47 Å². The van der Waals surface area contributed by atoms with Crippen molar-refractivity contribution in [2.24, 2.45) is 5.84 Å². The average molecular weight is 353 g/mol. The third-order valence-electron chi connectivity index (χ3n) is 3.48. The predicted octanol–water partition coefficient (Wildman–Crippen LogP) is 1.99. The van der Waals surface area contributed by atoms with Crippen molar-refractivity contribution in [1.82, 2.24) is 15.2 Å². The van der Waals surface area contributed by atoms with Crippen LogP contribution >= 0.6 is 15.9 Å². The van der Waals surface area contributed by atoms with Gasteiger partial charge in [0.2, 0.25) is 0 Å².